The van der Waals surface area contributed by atoms with Gasteiger partial charge in [0.05, 0.1) is 5.69 Å². The van der Waals surface area contributed by atoms with E-state index in [2.05, 4.69) is 241 Å². The first-order chi connectivity index (χ1) is 32.7. The zero-order valence-corrected chi connectivity index (χ0v) is 36.0. The lowest BCUT2D eigenvalue weighted by molar-refractivity contribution is 0.669. The number of hydrogen-bond acceptors (Lipinski definition) is 2. The van der Waals surface area contributed by atoms with Gasteiger partial charge in [0.2, 0.25) is 0 Å². The molecule has 2 nitrogen and oxygen atoms in total. The minimum Gasteiger partial charge on any atom is -0.456 e. The van der Waals surface area contributed by atoms with Crippen LogP contribution in [0.4, 0.5) is 17.1 Å². The molecule has 0 aliphatic heterocycles. The molecule has 0 saturated heterocycles. The monoisotopic (exact) mass is 839 g/mol. The summed E-state index contributed by atoms with van der Waals surface area (Å²) in [5.41, 5.74) is 14.6. The van der Waals surface area contributed by atoms with Gasteiger partial charge >= 0.3 is 0 Å². The van der Waals surface area contributed by atoms with Gasteiger partial charge in [-0.2, -0.15) is 0 Å². The summed E-state index contributed by atoms with van der Waals surface area (Å²) in [6.45, 7) is 0. The molecule has 308 valence electrons. The molecule has 12 aromatic carbocycles. The molecule has 66 heavy (non-hydrogen) atoms. The lowest BCUT2D eigenvalue weighted by Gasteiger charge is -2.28. The molecular formula is C64H41NO. The molecule has 13 rings (SSSR count). The first kappa shape index (κ1) is 37.8. The summed E-state index contributed by atoms with van der Waals surface area (Å²) in [4.78, 5) is 2.42. The van der Waals surface area contributed by atoms with Crippen molar-refractivity contribution >= 4 is 82.1 Å². The maximum atomic E-state index is 6.26. The van der Waals surface area contributed by atoms with E-state index in [9.17, 15) is 0 Å². The molecular weight excluding hydrogens is 799 g/mol. The highest BCUT2D eigenvalue weighted by molar-refractivity contribution is 6.15. The summed E-state index contributed by atoms with van der Waals surface area (Å²) in [7, 11) is 0. The third-order valence-electron chi connectivity index (χ3n) is 13.4. The van der Waals surface area contributed by atoms with Gasteiger partial charge in [-0.05, 0) is 149 Å². The summed E-state index contributed by atoms with van der Waals surface area (Å²) >= 11 is 0. The van der Waals surface area contributed by atoms with E-state index in [1.807, 2.05) is 12.1 Å². The molecule has 1 heterocycles. The van der Waals surface area contributed by atoms with E-state index in [1.54, 1.807) is 0 Å². The van der Waals surface area contributed by atoms with Gasteiger partial charge in [0.15, 0.2) is 0 Å². The number of anilines is 3. The molecule has 0 radical (unpaired) electrons. The Morgan fingerprint density at radius 2 is 0.758 bits per heavy atom. The van der Waals surface area contributed by atoms with Crippen molar-refractivity contribution in [3.63, 3.8) is 0 Å². The first-order valence-electron chi connectivity index (χ1n) is 22.6. The molecule has 0 N–H and O–H groups in total. The van der Waals surface area contributed by atoms with Crippen molar-refractivity contribution in [2.75, 3.05) is 4.90 Å². The summed E-state index contributed by atoms with van der Waals surface area (Å²) in [6.07, 6.45) is 0. The van der Waals surface area contributed by atoms with Crippen LogP contribution in [0.25, 0.3) is 110 Å². The normalized spacial score (nSPS) is 11.6. The van der Waals surface area contributed by atoms with Crippen LogP contribution in [0.3, 0.4) is 0 Å². The summed E-state index contributed by atoms with van der Waals surface area (Å²) < 4.78 is 6.26. The Morgan fingerprint density at radius 3 is 1.52 bits per heavy atom. The molecule has 0 atom stereocenters. The average Bonchev–Trinajstić information content (AvgIpc) is 3.77. The Bertz CT molecular complexity index is 3990. The third kappa shape index (κ3) is 6.42. The number of para-hydroxylation sites is 1. The standard InChI is InChI=1S/C64H41NO/c1-4-19-53-43(13-1)16-12-25-56(53)50-38-48-14-2-6-21-55(48)61(39-50)44-29-34-52(35-30-44)65(62-40-49-15-3-5-20-54(49)57-22-7-8-23-58(57)62)51-32-27-42(28-33-51)45-17-11-18-46(37-45)47-31-36-60-59-24-9-10-26-63(59)66-64(60)41-47/h1-41H. The van der Waals surface area contributed by atoms with Crippen LogP contribution < -0.4 is 4.90 Å². The first-order valence-corrected chi connectivity index (χ1v) is 22.6. The fourth-order valence-electron chi connectivity index (χ4n) is 10.2. The molecule has 0 amide bonds. The highest BCUT2D eigenvalue weighted by Gasteiger charge is 2.19. The molecule has 0 aliphatic carbocycles. The minimum atomic E-state index is 0.903. The van der Waals surface area contributed by atoms with Gasteiger partial charge in [0.1, 0.15) is 11.2 Å². The van der Waals surface area contributed by atoms with Crippen molar-refractivity contribution in [2.24, 2.45) is 0 Å². The van der Waals surface area contributed by atoms with Crippen LogP contribution in [0.1, 0.15) is 0 Å². The average molecular weight is 840 g/mol. The molecule has 1 aromatic heterocycles. The van der Waals surface area contributed by atoms with Crippen LogP contribution in [0.2, 0.25) is 0 Å². The van der Waals surface area contributed by atoms with Crippen molar-refractivity contribution in [3.05, 3.63) is 249 Å². The van der Waals surface area contributed by atoms with E-state index < -0.39 is 0 Å². The predicted molar refractivity (Wildman–Crippen MR) is 280 cm³/mol. The quantitative estimate of drug-likeness (QED) is 0.149. The van der Waals surface area contributed by atoms with E-state index in [1.165, 1.54) is 65.3 Å². The van der Waals surface area contributed by atoms with Gasteiger partial charge in [-0.1, -0.05) is 182 Å². The van der Waals surface area contributed by atoms with Crippen LogP contribution in [0.15, 0.2) is 253 Å². The molecule has 13 aromatic rings. The van der Waals surface area contributed by atoms with Gasteiger partial charge in [-0.25, -0.2) is 0 Å². The summed E-state index contributed by atoms with van der Waals surface area (Å²) in [6, 6.07) is 90.4. The second-order valence-electron chi connectivity index (χ2n) is 17.3. The Balaban J connectivity index is 0.917. The fraction of sp³-hybridized carbons (Fsp3) is 0. The van der Waals surface area contributed by atoms with E-state index in [0.717, 1.165) is 61.3 Å². The van der Waals surface area contributed by atoms with Crippen LogP contribution in [0.5, 0.6) is 0 Å². The topological polar surface area (TPSA) is 16.4 Å². The Morgan fingerprint density at radius 1 is 0.242 bits per heavy atom. The SMILES string of the molecule is c1cc(-c2ccc(N(c3ccc(-c4cc(-c5cccc6ccccc56)cc5ccccc45)cc3)c3cc4ccccc4c4ccccc34)cc2)cc(-c2ccc3c(c2)oc2ccccc23)c1. The van der Waals surface area contributed by atoms with Crippen molar-refractivity contribution in [1.82, 2.24) is 0 Å². The van der Waals surface area contributed by atoms with Crippen molar-refractivity contribution in [2.45, 2.75) is 0 Å². The van der Waals surface area contributed by atoms with Crippen LogP contribution >= 0.6 is 0 Å². The second kappa shape index (κ2) is 15.5. The third-order valence-corrected chi connectivity index (χ3v) is 13.4. The van der Waals surface area contributed by atoms with Gasteiger partial charge in [0, 0.05) is 27.5 Å². The zero-order valence-electron chi connectivity index (χ0n) is 36.0. The smallest absolute Gasteiger partial charge is 0.136 e. The van der Waals surface area contributed by atoms with E-state index in [-0.39, 0.29) is 0 Å². The van der Waals surface area contributed by atoms with Crippen molar-refractivity contribution in [1.29, 1.82) is 0 Å². The Hall–Kier alpha value is -8.72. The van der Waals surface area contributed by atoms with E-state index >= 15 is 0 Å². The minimum absolute atomic E-state index is 0.903. The van der Waals surface area contributed by atoms with Gasteiger partial charge in [-0.15, -0.1) is 0 Å². The Labute approximate surface area is 382 Å². The maximum absolute atomic E-state index is 6.26. The van der Waals surface area contributed by atoms with E-state index in [0.29, 0.717) is 0 Å². The van der Waals surface area contributed by atoms with Gasteiger partial charge in [0.25, 0.3) is 0 Å². The molecule has 0 bridgehead atoms. The number of fused-ring (bicyclic) bond motifs is 8. The maximum Gasteiger partial charge on any atom is 0.136 e. The largest absolute Gasteiger partial charge is 0.456 e. The molecule has 0 fully saturated rings. The lowest BCUT2D eigenvalue weighted by Crippen LogP contribution is -2.10. The Kier molecular flexibility index (Phi) is 8.89. The molecule has 0 saturated carbocycles. The molecule has 0 aliphatic rings. The van der Waals surface area contributed by atoms with Crippen molar-refractivity contribution in [3.8, 4) is 44.5 Å². The van der Waals surface area contributed by atoms with Gasteiger partial charge < -0.3 is 9.32 Å². The number of nitrogens with zero attached hydrogens (tertiary/aromatic N) is 1. The molecule has 0 unspecified atom stereocenters. The molecule has 0 spiro atoms. The fourth-order valence-corrected chi connectivity index (χ4v) is 10.2. The van der Waals surface area contributed by atoms with E-state index in [4.69, 9.17) is 4.42 Å². The number of rotatable bonds is 7. The summed E-state index contributed by atoms with van der Waals surface area (Å²) in [5.74, 6) is 0. The number of furan rings is 1. The van der Waals surface area contributed by atoms with Gasteiger partial charge in [-0.3, -0.25) is 0 Å². The number of hydrogen-bond donors (Lipinski definition) is 0. The lowest BCUT2D eigenvalue weighted by atomic mass is 9.91. The predicted octanol–water partition coefficient (Wildman–Crippen LogP) is 18.3. The van der Waals surface area contributed by atoms with Crippen LogP contribution in [0, 0.1) is 0 Å². The number of benzene rings is 12. The zero-order chi connectivity index (χ0) is 43.6. The highest BCUT2D eigenvalue weighted by Crippen LogP contribution is 2.44. The molecule has 2 heteroatoms. The highest BCUT2D eigenvalue weighted by atomic mass is 16.3. The summed E-state index contributed by atoms with van der Waals surface area (Å²) in [5, 5.41) is 12.1. The van der Waals surface area contributed by atoms with Crippen LogP contribution in [-0.4, -0.2) is 0 Å². The van der Waals surface area contributed by atoms with Crippen LogP contribution in [-0.2, 0) is 0 Å². The van der Waals surface area contributed by atoms with Crippen molar-refractivity contribution < 1.29 is 4.42 Å². The second-order valence-corrected chi connectivity index (χ2v) is 17.3.